The first kappa shape index (κ1) is 16.7. The third-order valence-corrected chi connectivity index (χ3v) is 5.31. The van der Waals surface area contributed by atoms with E-state index in [4.69, 9.17) is 4.74 Å². The number of ether oxygens (including phenoxy) is 1. The summed E-state index contributed by atoms with van der Waals surface area (Å²) in [6.07, 6.45) is 2.21. The lowest BCUT2D eigenvalue weighted by atomic mass is 10.0. The smallest absolute Gasteiger partial charge is 0.328 e. The molecule has 0 aliphatic rings. The highest BCUT2D eigenvalue weighted by Gasteiger charge is 2.24. The molecule has 0 saturated carbocycles. The molecule has 0 saturated heterocycles. The molecule has 3 rings (SSSR count). The lowest BCUT2D eigenvalue weighted by Crippen LogP contribution is -2.42. The van der Waals surface area contributed by atoms with E-state index in [0.717, 1.165) is 20.3 Å². The molecule has 1 amide bonds. The number of aromatic nitrogens is 1. The average molecular weight is 407 g/mol. The average Bonchev–Trinajstić information content (AvgIpc) is 3.20. The quantitative estimate of drug-likeness (QED) is 0.636. The fraction of sp³-hybridized carbons (Fsp3) is 0.176. The van der Waals surface area contributed by atoms with E-state index < -0.39 is 12.0 Å². The molecule has 1 atom stereocenters. The van der Waals surface area contributed by atoms with Gasteiger partial charge < -0.3 is 15.0 Å². The van der Waals surface area contributed by atoms with Gasteiger partial charge in [-0.25, -0.2) is 4.79 Å². The zero-order chi connectivity index (χ0) is 17.1. The summed E-state index contributed by atoms with van der Waals surface area (Å²) in [6, 6.07) is 10.6. The van der Waals surface area contributed by atoms with Gasteiger partial charge in [-0.15, -0.1) is 11.3 Å². The summed E-state index contributed by atoms with van der Waals surface area (Å²) in [5, 5.41) is 3.79. The van der Waals surface area contributed by atoms with E-state index in [9.17, 15) is 9.59 Å². The number of fused-ring (bicyclic) bond motifs is 1. The van der Waals surface area contributed by atoms with Crippen LogP contribution in [-0.4, -0.2) is 30.0 Å². The first-order valence-corrected chi connectivity index (χ1v) is 8.88. The van der Waals surface area contributed by atoms with Gasteiger partial charge in [0.25, 0.3) is 5.91 Å². The van der Waals surface area contributed by atoms with Crippen molar-refractivity contribution < 1.29 is 14.3 Å². The SMILES string of the molecule is COC(=O)[C@@H](Cc1c[nH]c2ccccc12)NC(=O)c1ccc(Br)s1. The molecule has 5 nitrogen and oxygen atoms in total. The molecule has 124 valence electrons. The van der Waals surface area contributed by atoms with Gasteiger partial charge in [0.2, 0.25) is 0 Å². The molecule has 0 aliphatic carbocycles. The van der Waals surface area contributed by atoms with Crippen LogP contribution in [-0.2, 0) is 16.0 Å². The minimum absolute atomic E-state index is 0.291. The number of hydrogen-bond acceptors (Lipinski definition) is 4. The second-order valence-corrected chi connectivity index (χ2v) is 7.68. The van der Waals surface area contributed by atoms with Gasteiger partial charge in [0.1, 0.15) is 6.04 Å². The predicted octanol–water partition coefficient (Wildman–Crippen LogP) is 3.51. The number of carbonyl (C=O) groups excluding carboxylic acids is 2. The summed E-state index contributed by atoms with van der Waals surface area (Å²) in [5.41, 5.74) is 1.94. The van der Waals surface area contributed by atoms with Crippen molar-refractivity contribution in [1.82, 2.24) is 10.3 Å². The van der Waals surface area contributed by atoms with Crippen molar-refractivity contribution in [3.8, 4) is 0 Å². The number of esters is 1. The molecule has 3 aromatic rings. The fourth-order valence-electron chi connectivity index (χ4n) is 2.52. The molecule has 2 N–H and O–H groups in total. The fourth-order valence-corrected chi connectivity index (χ4v) is 3.81. The maximum absolute atomic E-state index is 12.3. The second kappa shape index (κ2) is 7.19. The van der Waals surface area contributed by atoms with E-state index in [1.165, 1.54) is 18.4 Å². The highest BCUT2D eigenvalue weighted by atomic mass is 79.9. The van der Waals surface area contributed by atoms with Crippen LogP contribution in [0.4, 0.5) is 0 Å². The van der Waals surface area contributed by atoms with Crippen molar-refractivity contribution in [2.24, 2.45) is 0 Å². The Kier molecular flexibility index (Phi) is 5.01. The van der Waals surface area contributed by atoms with Crippen LogP contribution in [0, 0.1) is 0 Å². The molecular weight excluding hydrogens is 392 g/mol. The monoisotopic (exact) mass is 406 g/mol. The van der Waals surface area contributed by atoms with Crippen LogP contribution in [0.1, 0.15) is 15.2 Å². The van der Waals surface area contributed by atoms with Crippen molar-refractivity contribution >= 4 is 50.0 Å². The standard InChI is InChI=1S/C17H15BrN2O3S/c1-23-17(22)13(20-16(21)14-6-7-15(18)24-14)8-10-9-19-12-5-3-2-4-11(10)12/h2-7,9,13,19H,8H2,1H3,(H,20,21)/t13-/m1/s1. The van der Waals surface area contributed by atoms with Crippen molar-refractivity contribution in [3.05, 3.63) is 56.8 Å². The number of rotatable bonds is 5. The Morgan fingerprint density at radius 1 is 1.29 bits per heavy atom. The molecule has 24 heavy (non-hydrogen) atoms. The molecular formula is C17H15BrN2O3S. The Balaban J connectivity index is 1.81. The zero-order valence-corrected chi connectivity index (χ0v) is 15.2. The molecule has 0 fully saturated rings. The Bertz CT molecular complexity index is 887. The lowest BCUT2D eigenvalue weighted by molar-refractivity contribution is -0.142. The predicted molar refractivity (Wildman–Crippen MR) is 97.3 cm³/mol. The van der Waals surface area contributed by atoms with Gasteiger partial charge in [-0.2, -0.15) is 0 Å². The summed E-state index contributed by atoms with van der Waals surface area (Å²) in [4.78, 5) is 28.1. The van der Waals surface area contributed by atoms with Crippen molar-refractivity contribution in [2.75, 3.05) is 7.11 Å². The number of aromatic amines is 1. The van der Waals surface area contributed by atoms with Gasteiger partial charge in [0.15, 0.2) is 0 Å². The van der Waals surface area contributed by atoms with Crippen LogP contribution < -0.4 is 5.32 Å². The Morgan fingerprint density at radius 2 is 2.08 bits per heavy atom. The topological polar surface area (TPSA) is 71.2 Å². The molecule has 0 spiro atoms. The Morgan fingerprint density at radius 3 is 2.79 bits per heavy atom. The summed E-state index contributed by atoms with van der Waals surface area (Å²) < 4.78 is 5.71. The van der Waals surface area contributed by atoms with E-state index >= 15 is 0 Å². The minimum Gasteiger partial charge on any atom is -0.467 e. The van der Waals surface area contributed by atoms with Crippen LogP contribution >= 0.6 is 27.3 Å². The van der Waals surface area contributed by atoms with Gasteiger partial charge in [0, 0.05) is 23.5 Å². The highest BCUT2D eigenvalue weighted by molar-refractivity contribution is 9.11. The zero-order valence-electron chi connectivity index (χ0n) is 12.8. The van der Waals surface area contributed by atoms with Crippen molar-refractivity contribution in [2.45, 2.75) is 12.5 Å². The number of methoxy groups -OCH3 is 1. The third kappa shape index (κ3) is 3.52. The van der Waals surface area contributed by atoms with Crippen LogP contribution in [0.15, 0.2) is 46.4 Å². The Hall–Kier alpha value is -2.12. The van der Waals surface area contributed by atoms with Crippen LogP contribution in [0.25, 0.3) is 10.9 Å². The van der Waals surface area contributed by atoms with Crippen molar-refractivity contribution in [1.29, 1.82) is 0 Å². The largest absolute Gasteiger partial charge is 0.467 e. The van der Waals surface area contributed by atoms with E-state index in [0.29, 0.717) is 11.3 Å². The molecule has 1 aromatic carbocycles. The van der Waals surface area contributed by atoms with E-state index in [1.807, 2.05) is 30.5 Å². The number of hydrogen-bond donors (Lipinski definition) is 2. The van der Waals surface area contributed by atoms with Crippen LogP contribution in [0.5, 0.6) is 0 Å². The van der Waals surface area contributed by atoms with E-state index in [-0.39, 0.29) is 5.91 Å². The first-order chi connectivity index (χ1) is 11.6. The summed E-state index contributed by atoms with van der Waals surface area (Å²) >= 11 is 4.64. The molecule has 2 heterocycles. The number of H-pyrrole nitrogens is 1. The number of amides is 1. The minimum atomic E-state index is -0.748. The first-order valence-electron chi connectivity index (χ1n) is 7.27. The number of nitrogens with one attached hydrogen (secondary N) is 2. The maximum atomic E-state index is 12.3. The third-order valence-electron chi connectivity index (χ3n) is 3.69. The van der Waals surface area contributed by atoms with Crippen molar-refractivity contribution in [3.63, 3.8) is 0 Å². The highest BCUT2D eigenvalue weighted by Crippen LogP contribution is 2.23. The lowest BCUT2D eigenvalue weighted by Gasteiger charge is -2.15. The summed E-state index contributed by atoms with van der Waals surface area (Å²) in [7, 11) is 1.32. The number of benzene rings is 1. The van der Waals surface area contributed by atoms with Crippen LogP contribution in [0.3, 0.4) is 0 Å². The van der Waals surface area contributed by atoms with E-state index in [1.54, 1.807) is 12.1 Å². The molecule has 7 heteroatoms. The Labute approximate surface area is 151 Å². The summed E-state index contributed by atoms with van der Waals surface area (Å²) in [6.45, 7) is 0. The number of carbonyl (C=O) groups is 2. The molecule has 0 radical (unpaired) electrons. The van der Waals surface area contributed by atoms with Gasteiger partial charge in [0.05, 0.1) is 15.8 Å². The van der Waals surface area contributed by atoms with Crippen LogP contribution in [0.2, 0.25) is 0 Å². The second-order valence-electron chi connectivity index (χ2n) is 5.22. The van der Waals surface area contributed by atoms with Gasteiger partial charge in [-0.05, 0) is 39.7 Å². The molecule has 2 aromatic heterocycles. The van der Waals surface area contributed by atoms with Gasteiger partial charge >= 0.3 is 5.97 Å². The van der Waals surface area contributed by atoms with Gasteiger partial charge in [-0.3, -0.25) is 4.79 Å². The van der Waals surface area contributed by atoms with E-state index in [2.05, 4.69) is 26.2 Å². The number of thiophene rings is 1. The maximum Gasteiger partial charge on any atom is 0.328 e. The number of halogens is 1. The number of para-hydroxylation sites is 1. The molecule has 0 bridgehead atoms. The summed E-state index contributed by atoms with van der Waals surface area (Å²) in [5.74, 6) is -0.759. The molecule has 0 unspecified atom stereocenters. The normalized spacial score (nSPS) is 12.1. The molecule has 0 aliphatic heterocycles. The van der Waals surface area contributed by atoms with Gasteiger partial charge in [-0.1, -0.05) is 18.2 Å².